The summed E-state index contributed by atoms with van der Waals surface area (Å²) in [5, 5.41) is 5.90. The van der Waals surface area contributed by atoms with Gasteiger partial charge in [-0.25, -0.2) is 18.2 Å². The summed E-state index contributed by atoms with van der Waals surface area (Å²) in [6.45, 7) is 8.36. The maximum Gasteiger partial charge on any atom is 0.408 e. The molecule has 9 rings (SSSR count). The lowest BCUT2D eigenvalue weighted by molar-refractivity contribution is -0.141. The molecular weight excluding hydrogens is 837 g/mol. The number of hydrogen-bond acceptors (Lipinski definition) is 11. The molecular formula is C48H58N6O9S. The van der Waals surface area contributed by atoms with Crippen LogP contribution in [-0.4, -0.2) is 88.7 Å². The molecule has 0 bridgehead atoms. The number of hydrogen-bond donors (Lipinski definition) is 3. The van der Waals surface area contributed by atoms with Crippen molar-refractivity contribution in [2.24, 2.45) is 5.92 Å². The van der Waals surface area contributed by atoms with Gasteiger partial charge in [0.1, 0.15) is 40.9 Å². The fourth-order valence-corrected chi connectivity index (χ4v) is 10.8. The highest BCUT2D eigenvalue weighted by molar-refractivity contribution is 7.91. The SMILES string of the molecule is Cc1ccc2oc3c(O[C@@H]4C[C@H]5C(=O)N[C@]6(C(=O)NS(=O)(=O)C7CC7)C[C@H]6C=CCCCCC[C@H](NC(=O)OC6CCCC6)C(=O)N5C4)nc(-c4ccc(C(C)(C)C)cc4)nc3c2c1. The van der Waals surface area contributed by atoms with Gasteiger partial charge in [-0.15, -0.1) is 0 Å². The van der Waals surface area contributed by atoms with Gasteiger partial charge in [0.05, 0.1) is 11.8 Å². The third-order valence-corrected chi connectivity index (χ3v) is 15.3. The van der Waals surface area contributed by atoms with Gasteiger partial charge < -0.3 is 29.4 Å². The lowest BCUT2D eigenvalue weighted by Crippen LogP contribution is -2.58. The van der Waals surface area contributed by atoms with Gasteiger partial charge in [-0.1, -0.05) is 81.7 Å². The molecule has 4 heterocycles. The first-order chi connectivity index (χ1) is 30.6. The fraction of sp³-hybridized carbons (Fsp3) is 0.542. The lowest BCUT2D eigenvalue weighted by atomic mass is 9.87. The number of benzene rings is 2. The van der Waals surface area contributed by atoms with Gasteiger partial charge in [0.15, 0.2) is 5.82 Å². The van der Waals surface area contributed by atoms with Crippen LogP contribution < -0.4 is 20.1 Å². The number of aromatic nitrogens is 2. The van der Waals surface area contributed by atoms with Crippen LogP contribution in [0.3, 0.4) is 0 Å². The van der Waals surface area contributed by atoms with Crippen LogP contribution in [0.25, 0.3) is 33.5 Å². The number of fused-ring (bicyclic) bond motifs is 5. The van der Waals surface area contributed by atoms with E-state index in [1.54, 1.807) is 0 Å². The number of aryl methyl sites for hydroxylation is 1. The van der Waals surface area contributed by atoms with Crippen LogP contribution in [0, 0.1) is 12.8 Å². The highest BCUT2D eigenvalue weighted by Crippen LogP contribution is 2.46. The van der Waals surface area contributed by atoms with Crippen LogP contribution in [0.5, 0.6) is 5.88 Å². The number of carbonyl (C=O) groups excluding carboxylic acids is 4. The smallest absolute Gasteiger partial charge is 0.408 e. The van der Waals surface area contributed by atoms with Crippen LogP contribution >= 0.6 is 0 Å². The van der Waals surface area contributed by atoms with Gasteiger partial charge >= 0.3 is 6.09 Å². The number of alkyl carbamates (subject to hydrolysis) is 1. The Morgan fingerprint density at radius 1 is 0.938 bits per heavy atom. The van der Waals surface area contributed by atoms with E-state index in [0.29, 0.717) is 54.6 Å². The highest BCUT2D eigenvalue weighted by Gasteiger charge is 2.62. The molecule has 5 atom stereocenters. The van der Waals surface area contributed by atoms with Crippen LogP contribution in [0.15, 0.2) is 59.0 Å². The predicted molar refractivity (Wildman–Crippen MR) is 240 cm³/mol. The van der Waals surface area contributed by atoms with Crippen molar-refractivity contribution < 1.29 is 41.5 Å². The maximum absolute atomic E-state index is 14.9. The minimum atomic E-state index is -3.92. The molecule has 15 nitrogen and oxygen atoms in total. The second-order valence-corrected chi connectivity index (χ2v) is 21.4. The first-order valence-corrected chi connectivity index (χ1v) is 24.4. The first kappa shape index (κ1) is 43.7. The summed E-state index contributed by atoms with van der Waals surface area (Å²) in [6, 6.07) is 11.7. The van der Waals surface area contributed by atoms with Crippen molar-refractivity contribution in [3.8, 4) is 17.3 Å². The van der Waals surface area contributed by atoms with Crippen molar-refractivity contribution in [3.05, 3.63) is 65.7 Å². The zero-order chi connectivity index (χ0) is 45.0. The number of nitrogens with zero attached hydrogens (tertiary/aromatic N) is 3. The molecule has 2 aromatic carbocycles. The zero-order valence-corrected chi connectivity index (χ0v) is 37.8. The van der Waals surface area contributed by atoms with E-state index >= 15 is 0 Å². The molecule has 3 N–H and O–H groups in total. The Morgan fingerprint density at radius 2 is 1.69 bits per heavy atom. The number of rotatable bonds is 8. The second kappa shape index (κ2) is 17.1. The van der Waals surface area contributed by atoms with E-state index in [1.807, 2.05) is 49.4 Å². The molecule has 2 aromatic heterocycles. The van der Waals surface area contributed by atoms with Crippen LogP contribution in [0.1, 0.15) is 115 Å². The summed E-state index contributed by atoms with van der Waals surface area (Å²) < 4.78 is 47.1. The number of allylic oxidation sites excluding steroid dienone is 1. The Balaban J connectivity index is 1.06. The average Bonchev–Trinajstić information content (AvgIpc) is 4.07. The Morgan fingerprint density at radius 3 is 2.42 bits per heavy atom. The molecule has 340 valence electrons. The third-order valence-electron chi connectivity index (χ3n) is 13.4. The van der Waals surface area contributed by atoms with Crippen molar-refractivity contribution >= 4 is 55.9 Å². The van der Waals surface area contributed by atoms with Crippen LogP contribution in [0.2, 0.25) is 0 Å². The molecule has 1 saturated heterocycles. The molecule has 16 heteroatoms. The van der Waals surface area contributed by atoms with Crippen molar-refractivity contribution in [1.82, 2.24) is 30.2 Å². The number of ether oxygens (including phenoxy) is 2. The van der Waals surface area contributed by atoms with E-state index in [1.165, 1.54) is 4.90 Å². The number of furan rings is 1. The number of sulfonamides is 1. The van der Waals surface area contributed by atoms with Gasteiger partial charge in [-0.05, 0) is 94.2 Å². The Hall–Kier alpha value is -5.51. The molecule has 0 radical (unpaired) electrons. The monoisotopic (exact) mass is 894 g/mol. The first-order valence-electron chi connectivity index (χ1n) is 22.9. The minimum absolute atomic E-state index is 0.00413. The van der Waals surface area contributed by atoms with Gasteiger partial charge in [-0.3, -0.25) is 19.1 Å². The molecule has 0 spiro atoms. The molecule has 2 aliphatic heterocycles. The van der Waals surface area contributed by atoms with E-state index in [4.69, 9.17) is 23.9 Å². The van der Waals surface area contributed by atoms with Gasteiger partial charge in [0, 0.05) is 23.3 Å². The molecule has 0 unspecified atom stereocenters. The van der Waals surface area contributed by atoms with Crippen molar-refractivity contribution in [1.29, 1.82) is 0 Å². The van der Waals surface area contributed by atoms with E-state index in [2.05, 4.69) is 48.3 Å². The summed E-state index contributed by atoms with van der Waals surface area (Å²) >= 11 is 0. The van der Waals surface area contributed by atoms with Crippen molar-refractivity contribution in [2.75, 3.05) is 6.54 Å². The largest absolute Gasteiger partial charge is 0.470 e. The fourth-order valence-electron chi connectivity index (χ4n) is 9.40. The summed E-state index contributed by atoms with van der Waals surface area (Å²) in [6.07, 6.45) is 9.88. The highest BCUT2D eigenvalue weighted by atomic mass is 32.2. The predicted octanol–water partition coefficient (Wildman–Crippen LogP) is 7.04. The average molecular weight is 895 g/mol. The molecule has 3 saturated carbocycles. The summed E-state index contributed by atoms with van der Waals surface area (Å²) in [5.74, 6) is -1.83. The van der Waals surface area contributed by atoms with E-state index in [-0.39, 0.29) is 36.8 Å². The van der Waals surface area contributed by atoms with Crippen LogP contribution in [-0.2, 0) is 34.6 Å². The second-order valence-electron chi connectivity index (χ2n) is 19.5. The third kappa shape index (κ3) is 9.07. The van der Waals surface area contributed by atoms with E-state index in [0.717, 1.165) is 60.6 Å². The van der Waals surface area contributed by atoms with Gasteiger partial charge in [-0.2, -0.15) is 4.98 Å². The van der Waals surface area contributed by atoms with E-state index in [9.17, 15) is 27.6 Å². The van der Waals surface area contributed by atoms with E-state index < -0.39 is 68.7 Å². The molecule has 64 heavy (non-hydrogen) atoms. The lowest BCUT2D eigenvalue weighted by Gasteiger charge is -2.30. The summed E-state index contributed by atoms with van der Waals surface area (Å²) in [4.78, 5) is 68.1. The molecule has 4 aromatic rings. The number of carbonyl (C=O) groups is 4. The summed E-state index contributed by atoms with van der Waals surface area (Å²) in [7, 11) is -3.92. The quantitative estimate of drug-likeness (QED) is 0.153. The normalized spacial score (nSPS) is 25.8. The molecule has 4 amide bonds. The zero-order valence-electron chi connectivity index (χ0n) is 37.0. The molecule has 3 aliphatic carbocycles. The molecule has 5 aliphatic rings. The van der Waals surface area contributed by atoms with Crippen molar-refractivity contribution in [2.45, 2.75) is 152 Å². The maximum atomic E-state index is 14.9. The summed E-state index contributed by atoms with van der Waals surface area (Å²) in [5.41, 5.74) is 2.76. The Labute approximate surface area is 373 Å². The molecule has 4 fully saturated rings. The van der Waals surface area contributed by atoms with Crippen LogP contribution in [0.4, 0.5) is 4.79 Å². The van der Waals surface area contributed by atoms with Gasteiger partial charge in [0.2, 0.25) is 27.4 Å². The Bertz CT molecular complexity index is 2610. The van der Waals surface area contributed by atoms with Gasteiger partial charge in [0.25, 0.3) is 11.8 Å². The topological polar surface area (TPSA) is 199 Å². The number of nitrogens with one attached hydrogen (secondary N) is 3. The minimum Gasteiger partial charge on any atom is -0.470 e. The van der Waals surface area contributed by atoms with Crippen molar-refractivity contribution in [3.63, 3.8) is 0 Å². The number of amides is 4. The standard InChI is InChI=1S/C48H58N6O9S/c1-28-16-23-38-35(24-28)39-40(63-38)43(51-41(50-39)29-17-19-30(20-18-29)47(2,3)4)61-33-25-37-42(55)52-48(45(57)53-64(59,60)34-21-22-34)26-31(48)12-8-6-5-7-9-15-36(44(56)54(37)27-33)49-46(58)62-32-13-10-11-14-32/h8,12,16-20,23-24,31-34,36-37H,5-7,9-11,13-15,21-22,25-27H2,1-4H3,(H,49,58)(H,52,55)(H,53,57)/t31-,33-,36+,37+,48-/m1/s1. The Kier molecular flexibility index (Phi) is 11.7.